The van der Waals surface area contributed by atoms with Crippen LogP contribution in [-0.4, -0.2) is 46.3 Å². The summed E-state index contributed by atoms with van der Waals surface area (Å²) < 4.78 is 24.8. The van der Waals surface area contributed by atoms with E-state index in [1.54, 1.807) is 6.92 Å². The summed E-state index contributed by atoms with van der Waals surface area (Å²) >= 11 is 0. The average Bonchev–Trinajstić information content (AvgIpc) is 2.31. The van der Waals surface area contributed by atoms with E-state index in [-0.39, 0.29) is 29.7 Å². The van der Waals surface area contributed by atoms with Gasteiger partial charge in [0.25, 0.3) is 0 Å². The lowest BCUT2D eigenvalue weighted by Crippen LogP contribution is -2.41. The Kier molecular flexibility index (Phi) is 13.5. The van der Waals surface area contributed by atoms with E-state index >= 15 is 0 Å². The number of rotatable bonds is 8. The van der Waals surface area contributed by atoms with Crippen molar-refractivity contribution < 1.29 is 8.42 Å². The number of nitrogens with one attached hydrogen (secondary N) is 3. The number of aliphatic imine (C=N–C) groups is 1. The summed E-state index contributed by atoms with van der Waals surface area (Å²) in [6.45, 7) is 8.10. The Labute approximate surface area is 127 Å². The molecule has 0 rings (SSSR count). The van der Waals surface area contributed by atoms with Gasteiger partial charge in [-0.2, -0.15) is 0 Å². The van der Waals surface area contributed by atoms with Gasteiger partial charge in [-0.15, -0.1) is 24.0 Å². The molecule has 0 fully saturated rings. The molecule has 0 aromatic heterocycles. The average molecular weight is 392 g/mol. The minimum atomic E-state index is -3.10. The maximum absolute atomic E-state index is 11.2. The van der Waals surface area contributed by atoms with Crippen LogP contribution in [0, 0.1) is 0 Å². The van der Waals surface area contributed by atoms with Crippen LogP contribution in [0.4, 0.5) is 0 Å². The van der Waals surface area contributed by atoms with Gasteiger partial charge in [0.15, 0.2) is 5.96 Å². The Morgan fingerprint density at radius 2 is 1.78 bits per heavy atom. The van der Waals surface area contributed by atoms with Crippen LogP contribution in [0.2, 0.25) is 0 Å². The quantitative estimate of drug-likeness (QED) is 0.243. The number of hydrogen-bond acceptors (Lipinski definition) is 3. The van der Waals surface area contributed by atoms with Crippen LogP contribution in [-0.2, 0) is 10.0 Å². The fourth-order valence-corrected chi connectivity index (χ4v) is 1.67. The lowest BCUT2D eigenvalue weighted by molar-refractivity contribution is 0.582. The monoisotopic (exact) mass is 392 g/mol. The van der Waals surface area contributed by atoms with E-state index in [1.165, 1.54) is 0 Å². The molecule has 0 unspecified atom stereocenters. The van der Waals surface area contributed by atoms with E-state index in [0.717, 1.165) is 25.5 Å². The van der Waals surface area contributed by atoms with Gasteiger partial charge in [-0.1, -0.05) is 6.92 Å². The van der Waals surface area contributed by atoms with Crippen LogP contribution in [0.15, 0.2) is 4.99 Å². The molecule has 0 atom stereocenters. The molecule has 3 N–H and O–H groups in total. The van der Waals surface area contributed by atoms with E-state index in [2.05, 4.69) is 27.3 Å². The third-order valence-electron chi connectivity index (χ3n) is 1.96. The lowest BCUT2D eigenvalue weighted by atomic mass is 10.5. The van der Waals surface area contributed by atoms with Gasteiger partial charge in [-0.25, -0.2) is 13.1 Å². The first kappa shape index (κ1) is 20.2. The first-order valence-electron chi connectivity index (χ1n) is 6.05. The summed E-state index contributed by atoms with van der Waals surface area (Å²) in [7, 11) is -3.10. The fourth-order valence-electron chi connectivity index (χ4n) is 1.05. The number of halogens is 1. The van der Waals surface area contributed by atoms with E-state index in [1.807, 2.05) is 6.92 Å². The molecule has 0 heterocycles. The maximum atomic E-state index is 11.2. The van der Waals surface area contributed by atoms with Crippen LogP contribution < -0.4 is 15.4 Å². The van der Waals surface area contributed by atoms with Crippen LogP contribution in [0.3, 0.4) is 0 Å². The Morgan fingerprint density at radius 1 is 1.11 bits per heavy atom. The zero-order valence-corrected chi connectivity index (χ0v) is 14.5. The second-order valence-electron chi connectivity index (χ2n) is 3.49. The van der Waals surface area contributed by atoms with Gasteiger partial charge >= 0.3 is 0 Å². The molecule has 8 heteroatoms. The zero-order valence-electron chi connectivity index (χ0n) is 11.3. The summed E-state index contributed by atoms with van der Waals surface area (Å²) in [5.41, 5.74) is 0. The highest BCUT2D eigenvalue weighted by molar-refractivity contribution is 14.0. The number of hydrogen-bond donors (Lipinski definition) is 3. The van der Waals surface area contributed by atoms with Crippen molar-refractivity contribution in [2.24, 2.45) is 4.99 Å². The van der Waals surface area contributed by atoms with E-state index in [9.17, 15) is 8.42 Å². The fraction of sp³-hybridized carbons (Fsp3) is 0.900. The summed E-state index contributed by atoms with van der Waals surface area (Å²) in [6, 6.07) is 0. The van der Waals surface area contributed by atoms with Gasteiger partial charge in [0.05, 0.1) is 5.75 Å². The molecule has 0 aliphatic rings. The molecule has 0 spiro atoms. The predicted octanol–water partition coefficient (Wildman–Crippen LogP) is 0.509. The Balaban J connectivity index is 0. The van der Waals surface area contributed by atoms with Gasteiger partial charge in [0.1, 0.15) is 0 Å². The molecule has 0 aliphatic heterocycles. The van der Waals surface area contributed by atoms with Crippen LogP contribution in [0.25, 0.3) is 0 Å². The van der Waals surface area contributed by atoms with Gasteiger partial charge in [-0.05, 0) is 20.3 Å². The van der Waals surface area contributed by atoms with E-state index < -0.39 is 10.0 Å². The number of guanidine groups is 1. The van der Waals surface area contributed by atoms with Crippen molar-refractivity contribution in [3.8, 4) is 0 Å². The maximum Gasteiger partial charge on any atom is 0.211 e. The van der Waals surface area contributed by atoms with Crippen LogP contribution >= 0.6 is 24.0 Å². The normalized spacial score (nSPS) is 11.8. The van der Waals surface area contributed by atoms with Crippen molar-refractivity contribution in [3.05, 3.63) is 0 Å². The van der Waals surface area contributed by atoms with Gasteiger partial charge in [-0.3, -0.25) is 4.99 Å². The standard InChI is InChI=1S/C10H24N4O2S.HI/c1-4-7-12-10(11-5-2)13-8-9-14-17(15,16)6-3;/h14H,4-9H2,1-3H3,(H2,11,12,13);1H. The molecule has 0 amide bonds. The number of sulfonamides is 1. The summed E-state index contributed by atoms with van der Waals surface area (Å²) in [6.07, 6.45) is 0.985. The first-order chi connectivity index (χ1) is 8.05. The molecule has 18 heavy (non-hydrogen) atoms. The second kappa shape index (κ2) is 12.0. The molecule has 0 saturated carbocycles. The van der Waals surface area contributed by atoms with Crippen molar-refractivity contribution in [3.63, 3.8) is 0 Å². The Bertz CT molecular complexity index is 320. The second-order valence-corrected chi connectivity index (χ2v) is 5.58. The summed E-state index contributed by atoms with van der Waals surface area (Å²) in [5.74, 6) is 0.835. The van der Waals surface area contributed by atoms with Crippen molar-refractivity contribution in [2.45, 2.75) is 27.2 Å². The van der Waals surface area contributed by atoms with Crippen molar-refractivity contribution >= 4 is 40.0 Å². The smallest absolute Gasteiger partial charge is 0.211 e. The summed E-state index contributed by atoms with van der Waals surface area (Å²) in [4.78, 5) is 4.30. The highest BCUT2D eigenvalue weighted by atomic mass is 127. The minimum Gasteiger partial charge on any atom is -0.357 e. The predicted molar refractivity (Wildman–Crippen MR) is 87.2 cm³/mol. The number of nitrogens with zero attached hydrogens (tertiary/aromatic N) is 1. The Hall–Kier alpha value is -0.0900. The molecule has 0 aromatic rings. The topological polar surface area (TPSA) is 82.6 Å². The molecular weight excluding hydrogens is 367 g/mol. The third kappa shape index (κ3) is 11.0. The largest absolute Gasteiger partial charge is 0.357 e. The lowest BCUT2D eigenvalue weighted by Gasteiger charge is -2.11. The molecule has 0 radical (unpaired) electrons. The van der Waals surface area contributed by atoms with E-state index in [4.69, 9.17) is 0 Å². The van der Waals surface area contributed by atoms with Crippen molar-refractivity contribution in [1.29, 1.82) is 0 Å². The minimum absolute atomic E-state index is 0. The van der Waals surface area contributed by atoms with Gasteiger partial charge in [0.2, 0.25) is 10.0 Å². The summed E-state index contributed by atoms with van der Waals surface area (Å²) in [5, 5.41) is 6.15. The third-order valence-corrected chi connectivity index (χ3v) is 3.36. The molecule has 0 aromatic carbocycles. The van der Waals surface area contributed by atoms with Gasteiger partial charge in [0, 0.05) is 26.2 Å². The molecule has 6 nitrogen and oxygen atoms in total. The van der Waals surface area contributed by atoms with Crippen molar-refractivity contribution in [1.82, 2.24) is 15.4 Å². The molecule has 0 bridgehead atoms. The highest BCUT2D eigenvalue weighted by Crippen LogP contribution is 1.81. The molecule has 0 saturated heterocycles. The molecule has 0 aliphatic carbocycles. The van der Waals surface area contributed by atoms with Crippen LogP contribution in [0.5, 0.6) is 0 Å². The van der Waals surface area contributed by atoms with E-state index in [0.29, 0.717) is 13.1 Å². The first-order valence-corrected chi connectivity index (χ1v) is 7.70. The Morgan fingerprint density at radius 3 is 2.28 bits per heavy atom. The molecule has 110 valence electrons. The highest BCUT2D eigenvalue weighted by Gasteiger charge is 2.04. The zero-order chi connectivity index (χ0) is 13.1. The SMILES string of the molecule is CCCN=C(NCC)NCCNS(=O)(=O)CC.I. The van der Waals surface area contributed by atoms with Crippen molar-refractivity contribution in [2.75, 3.05) is 31.9 Å². The van der Waals surface area contributed by atoms with Crippen LogP contribution in [0.1, 0.15) is 27.2 Å². The molecular formula is C10H25IN4O2S. The van der Waals surface area contributed by atoms with Gasteiger partial charge < -0.3 is 10.6 Å².